The zero-order valence-electron chi connectivity index (χ0n) is 15.7. The van der Waals surface area contributed by atoms with Gasteiger partial charge in [0.25, 0.3) is 0 Å². The van der Waals surface area contributed by atoms with Crippen LogP contribution in [0.15, 0.2) is 18.2 Å². The molecule has 27 heavy (non-hydrogen) atoms. The average Bonchev–Trinajstić information content (AvgIpc) is 3.13. The van der Waals surface area contributed by atoms with Gasteiger partial charge in [0.2, 0.25) is 11.8 Å². The number of amides is 2. The molecule has 4 nitrogen and oxygen atoms in total. The van der Waals surface area contributed by atoms with E-state index in [9.17, 15) is 18.4 Å². The Kier molecular flexibility index (Phi) is 6.80. The van der Waals surface area contributed by atoms with Crippen molar-refractivity contribution in [1.82, 2.24) is 10.2 Å². The summed E-state index contributed by atoms with van der Waals surface area (Å²) in [5, 5.41) is 3.01. The summed E-state index contributed by atoms with van der Waals surface area (Å²) in [5.41, 5.74) is 0.687. The van der Waals surface area contributed by atoms with Crippen LogP contribution in [0.4, 0.5) is 8.78 Å². The molecule has 1 N–H and O–H groups in total. The van der Waals surface area contributed by atoms with Crippen molar-refractivity contribution >= 4 is 11.8 Å². The van der Waals surface area contributed by atoms with Gasteiger partial charge in [0.1, 0.15) is 0 Å². The van der Waals surface area contributed by atoms with Crippen molar-refractivity contribution in [1.29, 1.82) is 0 Å². The molecule has 1 heterocycles. The van der Waals surface area contributed by atoms with E-state index >= 15 is 0 Å². The smallest absolute Gasteiger partial charge is 0.225 e. The van der Waals surface area contributed by atoms with Gasteiger partial charge >= 0.3 is 0 Å². The van der Waals surface area contributed by atoms with E-state index < -0.39 is 11.6 Å². The molecule has 1 aromatic rings. The first kappa shape index (κ1) is 19.8. The van der Waals surface area contributed by atoms with Crippen LogP contribution in [0.2, 0.25) is 0 Å². The SMILES string of the molecule is O=C(CCCc1ccc(F)c(F)c1)N[C@@H]1CCN(C(=O)C2CCCCC2)C1. The molecule has 0 aromatic heterocycles. The number of likely N-dealkylation sites (tertiary alicyclic amines) is 1. The zero-order valence-corrected chi connectivity index (χ0v) is 15.7. The molecule has 0 bridgehead atoms. The van der Waals surface area contributed by atoms with Crippen molar-refractivity contribution in [2.24, 2.45) is 5.92 Å². The summed E-state index contributed by atoms with van der Waals surface area (Å²) in [4.78, 5) is 26.6. The number of rotatable bonds is 6. The van der Waals surface area contributed by atoms with Crippen LogP contribution in [0.1, 0.15) is 56.9 Å². The minimum atomic E-state index is -0.856. The second-order valence-electron chi connectivity index (χ2n) is 7.77. The number of hydrogen-bond donors (Lipinski definition) is 1. The third kappa shape index (κ3) is 5.50. The lowest BCUT2D eigenvalue weighted by atomic mass is 9.88. The highest BCUT2D eigenvalue weighted by atomic mass is 19.2. The van der Waals surface area contributed by atoms with E-state index in [4.69, 9.17) is 0 Å². The van der Waals surface area contributed by atoms with Gasteiger partial charge in [-0.25, -0.2) is 8.78 Å². The maximum absolute atomic E-state index is 13.2. The Hall–Kier alpha value is -1.98. The summed E-state index contributed by atoms with van der Waals surface area (Å²) >= 11 is 0. The standard InChI is InChI=1S/C21H28F2N2O2/c22-18-10-9-15(13-19(18)23)5-4-8-20(26)24-17-11-12-25(14-17)21(27)16-6-2-1-3-7-16/h9-10,13,16-17H,1-8,11-12,14H2,(H,24,26)/t17-/m1/s1. The molecule has 1 saturated carbocycles. The van der Waals surface area contributed by atoms with Crippen LogP contribution in [0.25, 0.3) is 0 Å². The molecule has 1 aromatic carbocycles. The van der Waals surface area contributed by atoms with Crippen LogP contribution >= 0.6 is 0 Å². The number of aryl methyl sites for hydroxylation is 1. The van der Waals surface area contributed by atoms with Gasteiger partial charge in [-0.2, -0.15) is 0 Å². The summed E-state index contributed by atoms with van der Waals surface area (Å²) in [7, 11) is 0. The molecule has 2 amide bonds. The van der Waals surface area contributed by atoms with Crippen LogP contribution in [0, 0.1) is 17.6 Å². The van der Waals surface area contributed by atoms with E-state index in [-0.39, 0.29) is 23.8 Å². The molecule has 2 fully saturated rings. The Balaban J connectivity index is 1.37. The highest BCUT2D eigenvalue weighted by Gasteiger charge is 2.31. The number of benzene rings is 1. The monoisotopic (exact) mass is 378 g/mol. The highest BCUT2D eigenvalue weighted by molar-refractivity contribution is 5.80. The summed E-state index contributed by atoms with van der Waals surface area (Å²) in [5.74, 6) is -1.33. The van der Waals surface area contributed by atoms with Crippen LogP contribution in [0.5, 0.6) is 0 Å². The molecule has 1 saturated heterocycles. The van der Waals surface area contributed by atoms with Gasteiger partial charge in [-0.1, -0.05) is 25.3 Å². The summed E-state index contributed by atoms with van der Waals surface area (Å²) in [6, 6.07) is 3.86. The molecule has 1 aliphatic carbocycles. The number of halogens is 2. The summed E-state index contributed by atoms with van der Waals surface area (Å²) in [6.45, 7) is 1.32. The van der Waals surface area contributed by atoms with Crippen molar-refractivity contribution in [3.8, 4) is 0 Å². The van der Waals surface area contributed by atoms with E-state index in [0.29, 0.717) is 31.4 Å². The minimum Gasteiger partial charge on any atom is -0.352 e. The number of hydrogen-bond acceptors (Lipinski definition) is 2. The quantitative estimate of drug-likeness (QED) is 0.823. The van der Waals surface area contributed by atoms with Gasteiger partial charge in [0, 0.05) is 31.5 Å². The number of carbonyl (C=O) groups is 2. The first-order valence-electron chi connectivity index (χ1n) is 10.0. The lowest BCUT2D eigenvalue weighted by Gasteiger charge is -2.26. The Morgan fingerprint density at radius 3 is 2.59 bits per heavy atom. The van der Waals surface area contributed by atoms with Crippen molar-refractivity contribution in [3.05, 3.63) is 35.4 Å². The molecule has 0 unspecified atom stereocenters. The molecule has 148 valence electrons. The first-order valence-corrected chi connectivity index (χ1v) is 10.0. The van der Waals surface area contributed by atoms with Gasteiger partial charge in [0.15, 0.2) is 11.6 Å². The summed E-state index contributed by atoms with van der Waals surface area (Å²) in [6.07, 6.45) is 7.75. The van der Waals surface area contributed by atoms with Crippen LogP contribution in [-0.2, 0) is 16.0 Å². The fourth-order valence-corrected chi connectivity index (χ4v) is 4.13. The molecule has 0 spiro atoms. The Bertz CT molecular complexity index is 674. The van der Waals surface area contributed by atoms with Gasteiger partial charge in [-0.15, -0.1) is 0 Å². The van der Waals surface area contributed by atoms with Crippen molar-refractivity contribution in [3.63, 3.8) is 0 Å². The van der Waals surface area contributed by atoms with E-state index in [0.717, 1.165) is 44.7 Å². The molecule has 0 radical (unpaired) electrons. The predicted octanol–water partition coefficient (Wildman–Crippen LogP) is 3.58. The topological polar surface area (TPSA) is 49.4 Å². The molecule has 2 aliphatic rings. The highest BCUT2D eigenvalue weighted by Crippen LogP contribution is 2.26. The van der Waals surface area contributed by atoms with Crippen LogP contribution in [-0.4, -0.2) is 35.8 Å². The Morgan fingerprint density at radius 1 is 1.07 bits per heavy atom. The maximum Gasteiger partial charge on any atom is 0.225 e. The fourth-order valence-electron chi connectivity index (χ4n) is 4.13. The second-order valence-corrected chi connectivity index (χ2v) is 7.77. The van der Waals surface area contributed by atoms with Crippen molar-refractivity contribution < 1.29 is 18.4 Å². The third-order valence-corrected chi connectivity index (χ3v) is 5.67. The maximum atomic E-state index is 13.2. The normalized spacial score (nSPS) is 20.7. The molecular formula is C21H28F2N2O2. The average molecular weight is 378 g/mol. The van der Waals surface area contributed by atoms with E-state index in [2.05, 4.69) is 5.32 Å². The minimum absolute atomic E-state index is 0.0216. The first-order chi connectivity index (χ1) is 13.0. The Morgan fingerprint density at radius 2 is 1.85 bits per heavy atom. The van der Waals surface area contributed by atoms with Crippen LogP contribution in [0.3, 0.4) is 0 Å². The number of carbonyl (C=O) groups excluding carboxylic acids is 2. The third-order valence-electron chi connectivity index (χ3n) is 5.67. The summed E-state index contributed by atoms with van der Waals surface area (Å²) < 4.78 is 26.1. The number of nitrogens with one attached hydrogen (secondary N) is 1. The van der Waals surface area contributed by atoms with Gasteiger partial charge in [-0.3, -0.25) is 9.59 Å². The van der Waals surface area contributed by atoms with E-state index in [1.165, 1.54) is 12.5 Å². The molecule has 3 rings (SSSR count). The fraction of sp³-hybridized carbons (Fsp3) is 0.619. The Labute approximate surface area is 159 Å². The van der Waals surface area contributed by atoms with E-state index in [1.807, 2.05) is 4.90 Å². The molecule has 1 atom stereocenters. The lowest BCUT2D eigenvalue weighted by Crippen LogP contribution is -2.40. The van der Waals surface area contributed by atoms with Crippen molar-refractivity contribution in [2.45, 2.75) is 63.8 Å². The molecular weight excluding hydrogens is 350 g/mol. The molecule has 1 aliphatic heterocycles. The van der Waals surface area contributed by atoms with Gasteiger partial charge in [-0.05, 0) is 49.8 Å². The predicted molar refractivity (Wildman–Crippen MR) is 99.0 cm³/mol. The van der Waals surface area contributed by atoms with Gasteiger partial charge in [0.05, 0.1) is 0 Å². The number of nitrogens with zero attached hydrogens (tertiary/aromatic N) is 1. The van der Waals surface area contributed by atoms with Crippen molar-refractivity contribution in [2.75, 3.05) is 13.1 Å². The zero-order chi connectivity index (χ0) is 19.2. The van der Waals surface area contributed by atoms with Crippen LogP contribution < -0.4 is 5.32 Å². The second kappa shape index (κ2) is 9.29. The lowest BCUT2D eigenvalue weighted by molar-refractivity contribution is -0.135. The van der Waals surface area contributed by atoms with Gasteiger partial charge < -0.3 is 10.2 Å². The van der Waals surface area contributed by atoms with E-state index in [1.54, 1.807) is 6.07 Å². The molecule has 6 heteroatoms. The largest absolute Gasteiger partial charge is 0.352 e.